The average Bonchev–Trinajstić information content (AvgIpc) is 2.92. The Bertz CT molecular complexity index is 1010. The summed E-state index contributed by atoms with van der Waals surface area (Å²) >= 11 is 1.36. The van der Waals surface area contributed by atoms with E-state index in [-0.39, 0.29) is 24.1 Å². The van der Waals surface area contributed by atoms with Crippen molar-refractivity contribution >= 4 is 51.5 Å². The molecule has 0 bridgehead atoms. The second-order valence-corrected chi connectivity index (χ2v) is 7.95. The molecule has 0 aromatic heterocycles. The van der Waals surface area contributed by atoms with Crippen LogP contribution in [0.5, 0.6) is 0 Å². The van der Waals surface area contributed by atoms with E-state index >= 15 is 0 Å². The van der Waals surface area contributed by atoms with Crippen molar-refractivity contribution in [1.29, 1.82) is 0 Å². The van der Waals surface area contributed by atoms with E-state index in [0.29, 0.717) is 17.8 Å². The molecule has 0 atom stereocenters. The molecule has 1 aliphatic rings. The van der Waals surface area contributed by atoms with Gasteiger partial charge in [-0.25, -0.2) is 4.99 Å². The van der Waals surface area contributed by atoms with E-state index in [1.54, 1.807) is 0 Å². The third-order valence-corrected chi connectivity index (χ3v) is 5.69. The van der Waals surface area contributed by atoms with E-state index in [1.807, 2.05) is 49.4 Å². The molecule has 1 heterocycles. The summed E-state index contributed by atoms with van der Waals surface area (Å²) in [7, 11) is 1.36. The van der Waals surface area contributed by atoms with Gasteiger partial charge in [-0.15, -0.1) is 11.8 Å². The molecule has 0 spiro atoms. The molecule has 6 nitrogen and oxygen atoms in total. The largest absolute Gasteiger partial charge is 0.469 e. The van der Waals surface area contributed by atoms with Crippen LogP contribution in [0.2, 0.25) is 0 Å². The zero-order chi connectivity index (χ0) is 21.5. The molecule has 0 fully saturated rings. The Morgan fingerprint density at radius 2 is 1.83 bits per heavy atom. The lowest BCUT2D eigenvalue weighted by atomic mass is 10.1. The molecule has 2 aromatic rings. The second-order valence-electron chi connectivity index (χ2n) is 6.90. The van der Waals surface area contributed by atoms with Gasteiger partial charge in [-0.1, -0.05) is 37.3 Å². The van der Waals surface area contributed by atoms with Crippen LogP contribution in [0.25, 0.3) is 0 Å². The molecular formula is C23H25N3O3S. The number of amides is 1. The topological polar surface area (TPSA) is 80.1 Å². The number of hydrogen-bond acceptors (Lipinski definition) is 6. The van der Waals surface area contributed by atoms with Crippen molar-refractivity contribution in [3.05, 3.63) is 53.6 Å². The van der Waals surface area contributed by atoms with Gasteiger partial charge < -0.3 is 10.1 Å². The normalized spacial score (nSPS) is 12.9. The molecule has 7 heteroatoms. The Labute approximate surface area is 180 Å². The predicted octanol–water partition coefficient (Wildman–Crippen LogP) is 5.00. The van der Waals surface area contributed by atoms with E-state index in [4.69, 9.17) is 4.74 Å². The molecule has 0 saturated carbocycles. The fourth-order valence-electron chi connectivity index (χ4n) is 3.16. The van der Waals surface area contributed by atoms with Crippen molar-refractivity contribution in [3.63, 3.8) is 0 Å². The summed E-state index contributed by atoms with van der Waals surface area (Å²) in [5.41, 5.74) is 5.15. The number of carbonyl (C=O) groups is 2. The van der Waals surface area contributed by atoms with E-state index in [1.165, 1.54) is 18.9 Å². The molecule has 30 heavy (non-hydrogen) atoms. The molecule has 0 saturated heterocycles. The summed E-state index contributed by atoms with van der Waals surface area (Å²) in [4.78, 5) is 33.7. The third kappa shape index (κ3) is 5.57. The van der Waals surface area contributed by atoms with Gasteiger partial charge in [0.25, 0.3) is 0 Å². The van der Waals surface area contributed by atoms with Crippen LogP contribution in [0.3, 0.4) is 0 Å². The number of aryl methyl sites for hydroxylation is 2. The minimum atomic E-state index is -0.345. The number of carbonyl (C=O) groups excluding carboxylic acids is 2. The lowest BCUT2D eigenvalue weighted by molar-refractivity contribution is -0.139. The van der Waals surface area contributed by atoms with Crippen molar-refractivity contribution in [2.24, 2.45) is 9.98 Å². The van der Waals surface area contributed by atoms with Crippen LogP contribution in [-0.4, -0.2) is 35.5 Å². The zero-order valence-electron chi connectivity index (χ0n) is 17.4. The molecule has 1 aliphatic heterocycles. The Balaban J connectivity index is 1.73. The fourth-order valence-corrected chi connectivity index (χ4v) is 3.96. The van der Waals surface area contributed by atoms with Crippen LogP contribution < -0.4 is 5.32 Å². The van der Waals surface area contributed by atoms with Crippen LogP contribution in [0.15, 0.2) is 52.4 Å². The minimum absolute atomic E-state index is 0.0873. The van der Waals surface area contributed by atoms with Crippen LogP contribution in [0.1, 0.15) is 30.9 Å². The van der Waals surface area contributed by atoms with Gasteiger partial charge in [-0.3, -0.25) is 14.6 Å². The van der Waals surface area contributed by atoms with Crippen LogP contribution in [-0.2, 0) is 20.7 Å². The molecule has 1 amide bonds. The van der Waals surface area contributed by atoms with Crippen LogP contribution >= 0.6 is 11.8 Å². The number of para-hydroxylation sites is 3. The monoisotopic (exact) mass is 423 g/mol. The molecule has 1 N–H and O–H groups in total. The van der Waals surface area contributed by atoms with Gasteiger partial charge in [0, 0.05) is 17.8 Å². The van der Waals surface area contributed by atoms with Gasteiger partial charge in [0.1, 0.15) is 0 Å². The number of rotatable bonds is 6. The summed E-state index contributed by atoms with van der Waals surface area (Å²) < 4.78 is 4.78. The first-order valence-corrected chi connectivity index (χ1v) is 10.8. The highest BCUT2D eigenvalue weighted by molar-refractivity contribution is 8.14. The molecular weight excluding hydrogens is 398 g/mol. The van der Waals surface area contributed by atoms with Crippen molar-refractivity contribution < 1.29 is 14.3 Å². The highest BCUT2D eigenvalue weighted by Crippen LogP contribution is 2.33. The van der Waals surface area contributed by atoms with Gasteiger partial charge in [0.2, 0.25) is 5.91 Å². The molecule has 3 rings (SSSR count). The Morgan fingerprint density at radius 1 is 1.10 bits per heavy atom. The molecule has 2 aromatic carbocycles. The summed E-state index contributed by atoms with van der Waals surface area (Å²) in [5.74, 6) is -0.207. The first kappa shape index (κ1) is 21.8. The standard InChI is InChI=1S/C23H25N3O3S/c1-4-16-9-7-8-15(2)23(16)26-20(27)14-30-21-12-17(13-22(28)29-3)24-18-10-5-6-11-19(18)25-21/h5-11H,4,12-14H2,1-3H3,(H,26,27). The maximum Gasteiger partial charge on any atom is 0.311 e. The predicted molar refractivity (Wildman–Crippen MR) is 124 cm³/mol. The number of ether oxygens (including phenoxy) is 1. The van der Waals surface area contributed by atoms with E-state index < -0.39 is 0 Å². The molecule has 0 unspecified atom stereocenters. The molecule has 156 valence electrons. The summed E-state index contributed by atoms with van der Waals surface area (Å²) in [5, 5.41) is 3.79. The van der Waals surface area contributed by atoms with Gasteiger partial charge in [-0.05, 0) is 36.6 Å². The number of esters is 1. The van der Waals surface area contributed by atoms with Gasteiger partial charge >= 0.3 is 5.97 Å². The van der Waals surface area contributed by atoms with E-state index in [0.717, 1.165) is 34.0 Å². The zero-order valence-corrected chi connectivity index (χ0v) is 18.2. The SMILES string of the molecule is CCc1cccc(C)c1NC(=O)CSC1=Nc2ccccc2N=C(CC(=O)OC)C1. The first-order chi connectivity index (χ1) is 14.5. The lowest BCUT2D eigenvalue weighted by Crippen LogP contribution is -2.18. The Hall–Kier alpha value is -2.93. The number of hydrogen-bond donors (Lipinski definition) is 1. The van der Waals surface area contributed by atoms with Gasteiger partial charge in [-0.2, -0.15) is 0 Å². The van der Waals surface area contributed by atoms with Crippen molar-refractivity contribution in [2.45, 2.75) is 33.1 Å². The number of nitrogens with zero attached hydrogens (tertiary/aromatic N) is 2. The number of methoxy groups -OCH3 is 1. The van der Waals surface area contributed by atoms with Crippen molar-refractivity contribution in [2.75, 3.05) is 18.2 Å². The Morgan fingerprint density at radius 3 is 2.53 bits per heavy atom. The first-order valence-electron chi connectivity index (χ1n) is 9.81. The molecule has 0 aliphatic carbocycles. The van der Waals surface area contributed by atoms with E-state index in [2.05, 4.69) is 22.2 Å². The minimum Gasteiger partial charge on any atom is -0.469 e. The van der Waals surface area contributed by atoms with E-state index in [9.17, 15) is 9.59 Å². The number of benzene rings is 2. The number of nitrogens with one attached hydrogen (secondary N) is 1. The van der Waals surface area contributed by atoms with Crippen molar-refractivity contribution in [3.8, 4) is 0 Å². The maximum atomic E-state index is 12.6. The highest BCUT2D eigenvalue weighted by Gasteiger charge is 2.18. The number of aliphatic imine (C=N–C) groups is 2. The van der Waals surface area contributed by atoms with Gasteiger partial charge in [0.05, 0.1) is 35.7 Å². The summed E-state index contributed by atoms with van der Waals surface area (Å²) in [6.07, 6.45) is 1.35. The third-order valence-electron chi connectivity index (χ3n) is 4.71. The summed E-state index contributed by atoms with van der Waals surface area (Å²) in [6.45, 7) is 4.06. The highest BCUT2D eigenvalue weighted by atomic mass is 32.2. The number of anilines is 1. The average molecular weight is 424 g/mol. The van der Waals surface area contributed by atoms with Crippen LogP contribution in [0, 0.1) is 6.92 Å². The quantitative estimate of drug-likeness (QED) is 0.663. The summed E-state index contributed by atoms with van der Waals surface area (Å²) in [6, 6.07) is 13.5. The molecule has 0 radical (unpaired) electrons. The lowest BCUT2D eigenvalue weighted by Gasteiger charge is -2.13. The smallest absolute Gasteiger partial charge is 0.311 e. The number of fused-ring (bicyclic) bond motifs is 1. The number of thioether (sulfide) groups is 1. The second kappa shape index (κ2) is 10.2. The van der Waals surface area contributed by atoms with Crippen molar-refractivity contribution in [1.82, 2.24) is 0 Å². The van der Waals surface area contributed by atoms with Gasteiger partial charge in [0.15, 0.2) is 0 Å². The maximum absolute atomic E-state index is 12.6. The fraction of sp³-hybridized carbons (Fsp3) is 0.304. The Kier molecular flexibility index (Phi) is 7.41. The van der Waals surface area contributed by atoms with Crippen LogP contribution in [0.4, 0.5) is 17.1 Å².